The number of thiophene rings is 1. The van der Waals surface area contributed by atoms with Crippen LogP contribution in [0.25, 0.3) is 21.5 Å². The number of para-hydroxylation sites is 1. The third-order valence-corrected chi connectivity index (χ3v) is 8.25. The fourth-order valence-electron chi connectivity index (χ4n) is 5.44. The Bertz CT molecular complexity index is 1400. The van der Waals surface area contributed by atoms with Crippen molar-refractivity contribution >= 4 is 34.0 Å². The summed E-state index contributed by atoms with van der Waals surface area (Å²) >= 11 is 1.80. The lowest BCUT2D eigenvalue weighted by Crippen LogP contribution is -2.46. The van der Waals surface area contributed by atoms with E-state index >= 15 is 0 Å². The zero-order chi connectivity index (χ0) is 24.6. The van der Waals surface area contributed by atoms with E-state index in [-0.39, 0.29) is 18.0 Å². The third kappa shape index (κ3) is 4.43. The number of hydrogen-bond acceptors (Lipinski definition) is 7. The number of rotatable bonds is 6. The monoisotopic (exact) mass is 501 g/mol. The van der Waals surface area contributed by atoms with E-state index in [1.165, 1.54) is 15.3 Å². The second-order valence-corrected chi connectivity index (χ2v) is 11.1. The van der Waals surface area contributed by atoms with Crippen molar-refractivity contribution in [1.82, 2.24) is 31.1 Å². The molecule has 2 fully saturated rings. The predicted molar refractivity (Wildman–Crippen MR) is 144 cm³/mol. The number of benzene rings is 1. The van der Waals surface area contributed by atoms with Crippen LogP contribution in [0.15, 0.2) is 48.8 Å². The fraction of sp³-hybridized carbons (Fsp3) is 0.370. The van der Waals surface area contributed by atoms with Gasteiger partial charge in [0.1, 0.15) is 5.82 Å². The second kappa shape index (κ2) is 9.74. The minimum absolute atomic E-state index is 0.0272. The first kappa shape index (κ1) is 23.3. The van der Waals surface area contributed by atoms with Crippen molar-refractivity contribution in [1.29, 1.82) is 0 Å². The number of piperidine rings is 1. The number of carbonyl (C=O) groups excluding carboxylic acids is 1. The molecule has 2 aliphatic heterocycles. The molecule has 186 valence electrons. The first-order chi connectivity index (χ1) is 17.6. The van der Waals surface area contributed by atoms with Gasteiger partial charge in [0.05, 0.1) is 29.0 Å². The molecule has 0 bridgehead atoms. The number of aromatic amines is 1. The van der Waals surface area contributed by atoms with Crippen molar-refractivity contribution in [3.05, 3.63) is 65.1 Å². The van der Waals surface area contributed by atoms with Crippen LogP contribution in [0.2, 0.25) is 0 Å². The van der Waals surface area contributed by atoms with Crippen LogP contribution in [0.5, 0.6) is 0 Å². The van der Waals surface area contributed by atoms with Crippen LogP contribution in [-0.4, -0.2) is 33.4 Å². The minimum atomic E-state index is 0.0272. The van der Waals surface area contributed by atoms with E-state index in [2.05, 4.69) is 68.7 Å². The highest BCUT2D eigenvalue weighted by molar-refractivity contribution is 7.15. The van der Waals surface area contributed by atoms with Crippen LogP contribution in [0.3, 0.4) is 0 Å². The summed E-state index contributed by atoms with van der Waals surface area (Å²) in [7, 11) is 0. The molecule has 8 nitrogen and oxygen atoms in total. The van der Waals surface area contributed by atoms with Crippen LogP contribution in [0, 0.1) is 12.8 Å². The van der Waals surface area contributed by atoms with Gasteiger partial charge in [0.2, 0.25) is 5.91 Å². The van der Waals surface area contributed by atoms with Gasteiger partial charge in [-0.25, -0.2) is 10.4 Å². The van der Waals surface area contributed by atoms with E-state index < -0.39 is 0 Å². The number of aromatic nitrogens is 3. The lowest BCUT2D eigenvalue weighted by atomic mass is 9.82. The molecule has 4 atom stereocenters. The molecule has 6 rings (SSSR count). The van der Waals surface area contributed by atoms with Crippen molar-refractivity contribution < 1.29 is 4.79 Å². The lowest BCUT2D eigenvalue weighted by molar-refractivity contribution is -0.116. The number of carbonyl (C=O) groups is 1. The van der Waals surface area contributed by atoms with Crippen LogP contribution < -0.4 is 21.5 Å². The highest BCUT2D eigenvalue weighted by Gasteiger charge is 2.42. The van der Waals surface area contributed by atoms with Crippen LogP contribution in [-0.2, 0) is 4.79 Å². The van der Waals surface area contributed by atoms with Gasteiger partial charge in [-0.15, -0.1) is 11.3 Å². The van der Waals surface area contributed by atoms with Gasteiger partial charge < -0.3 is 15.6 Å². The summed E-state index contributed by atoms with van der Waals surface area (Å²) in [6.07, 6.45) is 5.88. The Morgan fingerprint density at radius 3 is 2.94 bits per heavy atom. The molecule has 9 heteroatoms. The van der Waals surface area contributed by atoms with Crippen molar-refractivity contribution in [3.63, 3.8) is 0 Å². The quantitative estimate of drug-likeness (QED) is 0.264. The van der Waals surface area contributed by atoms with Gasteiger partial charge in [-0.1, -0.05) is 19.1 Å². The molecule has 36 heavy (non-hydrogen) atoms. The van der Waals surface area contributed by atoms with Gasteiger partial charge in [-0.05, 0) is 49.6 Å². The molecule has 1 aromatic carbocycles. The zero-order valence-corrected chi connectivity index (χ0v) is 21.3. The minimum Gasteiger partial charge on any atom is -0.341 e. The van der Waals surface area contributed by atoms with E-state index in [9.17, 15) is 4.79 Å². The molecule has 2 aliphatic rings. The normalized spacial score (nSPS) is 23.6. The highest BCUT2D eigenvalue weighted by Crippen LogP contribution is 2.39. The average molecular weight is 502 g/mol. The molecule has 3 aromatic heterocycles. The molecule has 0 saturated carbocycles. The van der Waals surface area contributed by atoms with E-state index in [1.54, 1.807) is 17.5 Å². The second-order valence-electron chi connectivity index (χ2n) is 9.77. The molecular weight excluding hydrogens is 470 g/mol. The standard InChI is InChI=1S/C27H31N7OS/c1-3-5-24(35)30-17-10-16(12-28-13-17)21-11-19-22(14-29-21)33-34-26(19)27-31-20-7-4-6-18(25(20)32-27)23-9-8-15(2)36-23/h4,6-10,12-13,19,21-22,26,29,33-34H,3,5,11,14H2,1-2H3,(H,30,35)(H,31,32). The lowest BCUT2D eigenvalue weighted by Gasteiger charge is -2.34. The summed E-state index contributed by atoms with van der Waals surface area (Å²) in [6, 6.07) is 13.3. The first-order valence-electron chi connectivity index (χ1n) is 12.6. The van der Waals surface area contributed by atoms with Gasteiger partial charge >= 0.3 is 0 Å². The van der Waals surface area contributed by atoms with E-state index in [0.29, 0.717) is 18.4 Å². The zero-order valence-electron chi connectivity index (χ0n) is 20.5. The topological polar surface area (TPSA) is 107 Å². The Morgan fingerprint density at radius 2 is 2.11 bits per heavy atom. The average Bonchev–Trinajstić information content (AvgIpc) is 3.61. The molecular formula is C27H31N7OS. The summed E-state index contributed by atoms with van der Waals surface area (Å²) in [5.74, 6) is 1.34. The van der Waals surface area contributed by atoms with Gasteiger partial charge in [0, 0.05) is 52.5 Å². The molecule has 1 amide bonds. The van der Waals surface area contributed by atoms with Crippen LogP contribution in [0.4, 0.5) is 5.69 Å². The summed E-state index contributed by atoms with van der Waals surface area (Å²) < 4.78 is 0. The Hall–Kier alpha value is -3.11. The van der Waals surface area contributed by atoms with Gasteiger partial charge in [0.25, 0.3) is 0 Å². The van der Waals surface area contributed by atoms with Crippen molar-refractivity contribution in [3.8, 4) is 10.4 Å². The number of aryl methyl sites for hydroxylation is 1. The van der Waals surface area contributed by atoms with Gasteiger partial charge in [0.15, 0.2) is 0 Å². The summed E-state index contributed by atoms with van der Waals surface area (Å²) in [5, 5.41) is 6.63. The smallest absolute Gasteiger partial charge is 0.224 e. The van der Waals surface area contributed by atoms with Crippen molar-refractivity contribution in [2.24, 2.45) is 5.92 Å². The van der Waals surface area contributed by atoms with E-state index in [1.807, 2.05) is 19.2 Å². The summed E-state index contributed by atoms with van der Waals surface area (Å²) in [4.78, 5) is 27.7. The van der Waals surface area contributed by atoms with Crippen LogP contribution in [0.1, 0.15) is 54.5 Å². The van der Waals surface area contributed by atoms with Crippen LogP contribution >= 0.6 is 11.3 Å². The predicted octanol–water partition coefficient (Wildman–Crippen LogP) is 4.60. The number of hydrazine groups is 1. The van der Waals surface area contributed by atoms with E-state index in [4.69, 9.17) is 4.98 Å². The number of amides is 1. The van der Waals surface area contributed by atoms with Crippen molar-refractivity contribution in [2.75, 3.05) is 11.9 Å². The number of imidazole rings is 1. The molecule has 0 spiro atoms. The number of hydrogen-bond donors (Lipinski definition) is 5. The van der Waals surface area contributed by atoms with E-state index in [0.717, 1.165) is 47.5 Å². The third-order valence-electron chi connectivity index (χ3n) is 7.22. The number of H-pyrrole nitrogens is 1. The molecule has 0 aliphatic carbocycles. The fourth-order valence-corrected chi connectivity index (χ4v) is 6.33. The molecule has 4 unspecified atom stereocenters. The Morgan fingerprint density at radius 1 is 1.19 bits per heavy atom. The first-order valence-corrected chi connectivity index (χ1v) is 13.5. The largest absolute Gasteiger partial charge is 0.341 e. The number of anilines is 1. The molecule has 5 heterocycles. The molecule has 5 N–H and O–H groups in total. The highest BCUT2D eigenvalue weighted by atomic mass is 32.1. The Balaban J connectivity index is 1.24. The summed E-state index contributed by atoms with van der Waals surface area (Å²) in [6.45, 7) is 4.98. The van der Waals surface area contributed by atoms with Crippen molar-refractivity contribution in [2.45, 2.75) is 51.2 Å². The number of fused-ring (bicyclic) bond motifs is 2. The molecule has 4 aromatic rings. The Labute approximate surface area is 214 Å². The van der Waals surface area contributed by atoms with Gasteiger partial charge in [-0.3, -0.25) is 15.2 Å². The molecule has 0 radical (unpaired) electrons. The molecule has 2 saturated heterocycles. The number of nitrogens with one attached hydrogen (secondary N) is 5. The SMILES string of the molecule is CCCC(=O)Nc1cncc(C2CC3C(CN2)NNC3c2nc3c(-c4ccc(C)s4)cccc3[nH]2)c1. The maximum Gasteiger partial charge on any atom is 0.224 e. The summed E-state index contributed by atoms with van der Waals surface area (Å²) in [5.41, 5.74) is 12.1. The number of nitrogens with zero attached hydrogens (tertiary/aromatic N) is 2. The van der Waals surface area contributed by atoms with Gasteiger partial charge in [-0.2, -0.15) is 0 Å². The maximum absolute atomic E-state index is 12.1. The number of pyridine rings is 1. The maximum atomic E-state index is 12.1. The Kier molecular flexibility index (Phi) is 6.30.